The highest BCUT2D eigenvalue weighted by molar-refractivity contribution is 8.12. The molecule has 6 aromatic rings. The number of nitrogens with one attached hydrogen (secondary N) is 5. The lowest BCUT2D eigenvalue weighted by Crippen LogP contribution is -2.51. The summed E-state index contributed by atoms with van der Waals surface area (Å²) in [5, 5.41) is 18.4. The fourth-order valence-electron chi connectivity index (χ4n) is 13.3. The van der Waals surface area contributed by atoms with Gasteiger partial charge in [-0.25, -0.2) is 13.6 Å². The number of piperidine rings is 1. The van der Waals surface area contributed by atoms with Crippen LogP contribution in [0.5, 0.6) is 0 Å². The number of aromatic nitrogens is 5. The number of carbonyl (C=O) groups excluding carboxylic acids is 3. The van der Waals surface area contributed by atoms with Gasteiger partial charge in [0.25, 0.3) is 5.92 Å². The number of alkyl halides is 5. The molecule has 85 heavy (non-hydrogen) atoms. The first-order chi connectivity index (χ1) is 40.3. The Kier molecular flexibility index (Phi) is 18.2. The molecule has 13 rings (SSSR count). The van der Waals surface area contributed by atoms with Crippen molar-refractivity contribution in [2.45, 2.75) is 186 Å². The fourth-order valence-corrected chi connectivity index (χ4v) is 15.5. The van der Waals surface area contributed by atoms with Crippen LogP contribution in [0.25, 0.3) is 42.5 Å². The molecule has 9 atom stereocenters. The Morgan fingerprint density at radius 2 is 1.67 bits per heavy atom. The van der Waals surface area contributed by atoms with E-state index in [9.17, 15) is 41.1 Å². The molecule has 2 aromatic carbocycles. The molecule has 4 aromatic heterocycles. The van der Waals surface area contributed by atoms with Gasteiger partial charge in [0, 0.05) is 110 Å². The number of aromatic amines is 2. The van der Waals surface area contributed by atoms with Gasteiger partial charge in [-0.15, -0.1) is 23.1 Å². The number of H-pyrrole nitrogens is 2. The first-order valence-electron chi connectivity index (χ1n) is 29.8. The molecule has 6 aliphatic heterocycles. The third-order valence-corrected chi connectivity index (χ3v) is 21.0. The van der Waals surface area contributed by atoms with Gasteiger partial charge in [0.1, 0.15) is 10.6 Å². The van der Waals surface area contributed by atoms with Crippen molar-refractivity contribution in [3.63, 3.8) is 0 Å². The Morgan fingerprint density at radius 3 is 2.25 bits per heavy atom. The van der Waals surface area contributed by atoms with Crippen molar-refractivity contribution < 1.29 is 36.3 Å². The van der Waals surface area contributed by atoms with E-state index in [1.54, 1.807) is 24.8 Å². The topological polar surface area (TPSA) is 197 Å². The summed E-state index contributed by atoms with van der Waals surface area (Å²) in [5.41, 5.74) is 3.14. The molecule has 1 aliphatic carbocycles. The highest BCUT2D eigenvalue weighted by Gasteiger charge is 2.69. The fraction of sp³-hybridized carbons (Fsp3) is 0.581. The lowest BCUT2D eigenvalue weighted by atomic mass is 9.85. The number of aliphatic imine (C=N–C) groups is 1. The Hall–Kier alpha value is -6.04. The maximum atomic E-state index is 14.3. The maximum absolute atomic E-state index is 14.3. The van der Waals surface area contributed by atoms with E-state index in [0.29, 0.717) is 93.2 Å². The van der Waals surface area contributed by atoms with Crippen LogP contribution in [-0.2, 0) is 27.1 Å². The second-order valence-corrected chi connectivity index (χ2v) is 27.8. The van der Waals surface area contributed by atoms with Crippen molar-refractivity contribution in [2.75, 3.05) is 31.1 Å². The lowest BCUT2D eigenvalue weighted by molar-refractivity contribution is -0.137. The van der Waals surface area contributed by atoms with E-state index in [1.165, 1.54) is 55.1 Å². The highest BCUT2D eigenvalue weighted by Crippen LogP contribution is 2.61. The van der Waals surface area contributed by atoms with Crippen LogP contribution in [-0.4, -0.2) is 134 Å². The van der Waals surface area contributed by atoms with Crippen molar-refractivity contribution in [3.8, 4) is 11.3 Å². The molecule has 10 heterocycles. The predicted octanol–water partition coefficient (Wildman–Crippen LogP) is 11.3. The molecule has 0 radical (unpaired) electrons. The Balaban J connectivity index is 0.000000142. The van der Waals surface area contributed by atoms with Gasteiger partial charge in [0.15, 0.2) is 0 Å². The number of aryl methyl sites for hydroxylation is 1. The molecule has 0 spiro atoms. The molecule has 5 N–H and O–H groups in total. The van der Waals surface area contributed by atoms with Crippen LogP contribution in [0.2, 0.25) is 0 Å². The normalized spacial score (nSPS) is 27.0. The summed E-state index contributed by atoms with van der Waals surface area (Å²) in [4.78, 5) is 68.0. The van der Waals surface area contributed by atoms with Crippen LogP contribution in [0.15, 0.2) is 58.6 Å². The second kappa shape index (κ2) is 25.0. The van der Waals surface area contributed by atoms with E-state index in [0.717, 1.165) is 87.3 Å². The van der Waals surface area contributed by atoms with Crippen LogP contribution in [0, 0.1) is 23.7 Å². The average molecular weight is 1220 g/mol. The van der Waals surface area contributed by atoms with E-state index in [4.69, 9.17) is 0 Å². The highest BCUT2D eigenvalue weighted by atomic mass is 32.2. The number of benzene rings is 2. The van der Waals surface area contributed by atoms with Crippen LogP contribution in [0.3, 0.4) is 0 Å². The predicted molar refractivity (Wildman–Crippen MR) is 327 cm³/mol. The first-order valence-corrected chi connectivity index (χ1v) is 31.5. The lowest BCUT2D eigenvalue weighted by Gasteiger charge is -2.40. The molecule has 8 unspecified atom stereocenters. The molecule has 16 nitrogen and oxygen atoms in total. The zero-order chi connectivity index (χ0) is 60.8. The van der Waals surface area contributed by atoms with Gasteiger partial charge in [0.05, 0.1) is 49.9 Å². The van der Waals surface area contributed by atoms with Gasteiger partial charge >= 0.3 is 11.9 Å². The smallest absolute Gasteiger partial charge is 0.355 e. The van der Waals surface area contributed by atoms with Crippen molar-refractivity contribution in [3.05, 3.63) is 81.5 Å². The summed E-state index contributed by atoms with van der Waals surface area (Å²) >= 11 is 2.96. The number of hydrogen-bond acceptors (Lipinski definition) is 13. The largest absolute Gasteiger partial charge is 0.417 e. The van der Waals surface area contributed by atoms with Crippen molar-refractivity contribution >= 4 is 84.4 Å². The maximum Gasteiger partial charge on any atom is 0.417 e. The number of amides is 3. The molecule has 7 aliphatic rings. The molecule has 4 bridgehead atoms. The first kappa shape index (κ1) is 62.0. The SMILES string of the molecule is CC(NC(=O)CC1CC2CCC(C1)N2C[C@@]1(C)CC1(F)F)C(C)(C)C.CC1CCCN1C=O.CC1N=CSC1c1ccc(CNC=O)cc1.Cc1cc2[nH]ncc2c(-c2nccc3c2sc2nc(=O)[nH]c(N4CC5CCC(C4)N5)c23)c1C(F)(F)F. The Morgan fingerprint density at radius 1 is 0.976 bits per heavy atom. The molecule has 5 saturated heterocycles. The monoisotopic (exact) mass is 1210 g/mol. The van der Waals surface area contributed by atoms with Crippen LogP contribution in [0.4, 0.5) is 27.8 Å². The van der Waals surface area contributed by atoms with Crippen molar-refractivity contribution in [1.82, 2.24) is 50.9 Å². The van der Waals surface area contributed by atoms with Crippen LogP contribution >= 0.6 is 23.1 Å². The number of pyridine rings is 1. The number of likely N-dealkylation sites (tertiary alicyclic amines) is 1. The number of fused-ring (bicyclic) bond motifs is 8. The third-order valence-electron chi connectivity index (χ3n) is 18.7. The quantitative estimate of drug-likeness (QED) is 0.0578. The van der Waals surface area contributed by atoms with E-state index in [-0.39, 0.29) is 40.6 Å². The summed E-state index contributed by atoms with van der Waals surface area (Å²) in [6, 6.07) is 14.0. The molecule has 3 amide bonds. The zero-order valence-corrected chi connectivity index (χ0v) is 51.3. The number of thiophene rings is 1. The standard InChI is InChI=1S/C24H20F3N7OS.C20H34F2N2O.C12H14N2OS.C6H11NO/c1-10-6-15-14(7-29-33-15)16(18(10)24(25,26)27)19-20-13(4-5-28-19)17-21(31-23(35)32-22(17)36-20)34-8-11-2-3-12(9-34)30-11;1-13(18(2,3)4)23-17(25)10-14-8-15-6-7-16(9-14)24(15)12-19(5)11-20(19,21)22;1-9-12(16-8-14-9)11-4-2-10(3-5-11)6-13-7-15;1-6-3-2-4-7(6)5-8/h4-7,11-12,30H,2-3,8-9H2,1H3,(H,29,33)(H,31,32,35);13-16H,6-12H2,1-5H3,(H,23,25);2-5,7-9,12H,6H2,1H3,(H,13,15);5-6H,2-4H2,1H3/t;13?,14?,15?,16?,19-;;/m.1../s1. The van der Waals surface area contributed by atoms with E-state index in [1.807, 2.05) is 10.4 Å². The second-order valence-electron chi connectivity index (χ2n) is 25.8. The number of hydrogen-bond donors (Lipinski definition) is 5. The number of carbonyl (C=O) groups is 3. The molecule has 23 heteroatoms. The number of thioether (sulfide) groups is 1. The van der Waals surface area contributed by atoms with Crippen LogP contribution < -0.4 is 26.5 Å². The Bertz CT molecular complexity index is 3450. The van der Waals surface area contributed by atoms with Crippen LogP contribution in [0.1, 0.15) is 140 Å². The molecule has 1 saturated carbocycles. The number of nitrogens with zero attached hydrogens (tertiary/aromatic N) is 7. The van der Waals surface area contributed by atoms with Crippen molar-refractivity contribution in [2.24, 2.45) is 21.7 Å². The summed E-state index contributed by atoms with van der Waals surface area (Å²) in [6.07, 6.45) is 9.28. The summed E-state index contributed by atoms with van der Waals surface area (Å²) in [7, 11) is 0. The van der Waals surface area contributed by atoms with Gasteiger partial charge in [-0.3, -0.25) is 39.3 Å². The van der Waals surface area contributed by atoms with Gasteiger partial charge in [-0.05, 0) is 119 Å². The van der Waals surface area contributed by atoms with Gasteiger partial charge in [-0.2, -0.15) is 23.3 Å². The van der Waals surface area contributed by atoms with Gasteiger partial charge in [-0.1, -0.05) is 52.0 Å². The molecular weight excluding hydrogens is 1140 g/mol. The van der Waals surface area contributed by atoms with E-state index in [2.05, 4.69) is 122 Å². The average Bonchev–Trinajstić information content (AvgIpc) is 1.68. The molecule has 458 valence electrons. The van der Waals surface area contributed by atoms with E-state index >= 15 is 0 Å². The minimum Gasteiger partial charge on any atom is -0.355 e. The van der Waals surface area contributed by atoms with Gasteiger partial charge in [0.2, 0.25) is 18.7 Å². The number of halogens is 5. The number of piperazine rings is 1. The third kappa shape index (κ3) is 13.6. The summed E-state index contributed by atoms with van der Waals surface area (Å²) in [5.74, 6) is -1.28. The minimum atomic E-state index is -4.59. The number of anilines is 1. The van der Waals surface area contributed by atoms with Gasteiger partial charge < -0.3 is 25.8 Å². The zero-order valence-electron chi connectivity index (χ0n) is 49.6. The summed E-state index contributed by atoms with van der Waals surface area (Å²) < 4.78 is 70.8. The molecule has 6 fully saturated rings. The van der Waals surface area contributed by atoms with Crippen molar-refractivity contribution in [1.29, 1.82) is 0 Å². The van der Waals surface area contributed by atoms with E-state index < -0.39 is 28.8 Å². The summed E-state index contributed by atoms with van der Waals surface area (Å²) in [6.45, 7) is 19.4. The number of rotatable bonds is 12. The Labute approximate surface area is 500 Å². The molecular formula is C62H79F5N12O4S2. The minimum absolute atomic E-state index is 0.0171.